The average Bonchev–Trinajstić information content (AvgIpc) is 3.18. The highest BCUT2D eigenvalue weighted by molar-refractivity contribution is 5.76. The SMILES string of the molecule is C=CC1NC=C(OC2CC3CNc4nnc(-c5cccc(F)c5O)cc4N3C2)C=C1F. The van der Waals surface area contributed by atoms with E-state index in [-0.39, 0.29) is 23.5 Å². The maximum absolute atomic E-state index is 14.1. The highest BCUT2D eigenvalue weighted by Gasteiger charge is 2.38. The van der Waals surface area contributed by atoms with Crippen molar-refractivity contribution in [1.29, 1.82) is 0 Å². The van der Waals surface area contributed by atoms with Crippen LogP contribution in [-0.2, 0) is 4.74 Å². The van der Waals surface area contributed by atoms with Crippen molar-refractivity contribution in [3.63, 3.8) is 0 Å². The first-order valence-corrected chi connectivity index (χ1v) is 10.0. The van der Waals surface area contributed by atoms with Gasteiger partial charge in [-0.3, -0.25) is 0 Å². The predicted octanol–water partition coefficient (Wildman–Crippen LogP) is 3.23. The third-order valence-electron chi connectivity index (χ3n) is 5.75. The summed E-state index contributed by atoms with van der Waals surface area (Å²) in [5.74, 6) is -0.453. The molecule has 3 unspecified atom stereocenters. The number of phenols is 1. The van der Waals surface area contributed by atoms with Crippen LogP contribution < -0.4 is 15.5 Å². The van der Waals surface area contributed by atoms with Gasteiger partial charge in [-0.05, 0) is 18.2 Å². The van der Waals surface area contributed by atoms with E-state index >= 15 is 0 Å². The number of nitrogens with one attached hydrogen (secondary N) is 2. The summed E-state index contributed by atoms with van der Waals surface area (Å²) in [5.41, 5.74) is 1.46. The first-order valence-electron chi connectivity index (χ1n) is 10.0. The summed E-state index contributed by atoms with van der Waals surface area (Å²) in [6, 6.07) is 5.71. The van der Waals surface area contributed by atoms with Gasteiger partial charge in [0.2, 0.25) is 0 Å². The van der Waals surface area contributed by atoms with Crippen molar-refractivity contribution in [1.82, 2.24) is 15.5 Å². The Hall–Kier alpha value is -3.62. The molecule has 2 aromatic rings. The molecular formula is C22H21F2N5O2. The summed E-state index contributed by atoms with van der Waals surface area (Å²) >= 11 is 0. The Morgan fingerprint density at radius 1 is 1.29 bits per heavy atom. The minimum absolute atomic E-state index is 0.144. The van der Waals surface area contributed by atoms with Gasteiger partial charge in [0.25, 0.3) is 0 Å². The molecule has 0 bridgehead atoms. The number of phenolic OH excluding ortho intramolecular Hbond substituents is 1. The number of nitrogens with zero attached hydrogens (tertiary/aromatic N) is 3. The lowest BCUT2D eigenvalue weighted by Gasteiger charge is -2.33. The topological polar surface area (TPSA) is 82.5 Å². The van der Waals surface area contributed by atoms with Crippen LogP contribution in [0.2, 0.25) is 0 Å². The van der Waals surface area contributed by atoms with Crippen LogP contribution in [0.25, 0.3) is 11.3 Å². The normalized spacial score (nSPS) is 24.2. The third-order valence-corrected chi connectivity index (χ3v) is 5.75. The molecule has 7 nitrogen and oxygen atoms in total. The van der Waals surface area contributed by atoms with Crippen LogP contribution >= 0.6 is 0 Å². The molecule has 0 amide bonds. The number of aromatic hydroxyl groups is 1. The summed E-state index contributed by atoms with van der Waals surface area (Å²) in [4.78, 5) is 2.16. The highest BCUT2D eigenvalue weighted by Crippen LogP contribution is 2.39. The number of ether oxygens (including phenoxy) is 1. The van der Waals surface area contributed by atoms with Gasteiger partial charge in [-0.2, -0.15) is 0 Å². The van der Waals surface area contributed by atoms with Gasteiger partial charge < -0.3 is 25.4 Å². The Morgan fingerprint density at radius 3 is 2.97 bits per heavy atom. The van der Waals surface area contributed by atoms with Gasteiger partial charge in [0.15, 0.2) is 17.4 Å². The Balaban J connectivity index is 1.37. The molecule has 4 heterocycles. The van der Waals surface area contributed by atoms with E-state index in [1.54, 1.807) is 18.3 Å². The maximum Gasteiger partial charge on any atom is 0.172 e. The fourth-order valence-electron chi connectivity index (χ4n) is 4.20. The minimum atomic E-state index is -0.712. The number of anilines is 2. The molecule has 0 aliphatic carbocycles. The van der Waals surface area contributed by atoms with Gasteiger partial charge in [0.1, 0.15) is 17.7 Å². The second-order valence-corrected chi connectivity index (χ2v) is 7.72. The Kier molecular flexibility index (Phi) is 4.72. The van der Waals surface area contributed by atoms with E-state index in [0.717, 1.165) is 12.1 Å². The molecule has 160 valence electrons. The van der Waals surface area contributed by atoms with Crippen LogP contribution in [0.3, 0.4) is 0 Å². The molecule has 1 fully saturated rings. The molecule has 3 aliphatic rings. The smallest absolute Gasteiger partial charge is 0.172 e. The molecule has 3 N–H and O–H groups in total. The van der Waals surface area contributed by atoms with Crippen molar-refractivity contribution in [2.75, 3.05) is 23.3 Å². The zero-order chi connectivity index (χ0) is 21.5. The molecule has 0 spiro atoms. The largest absolute Gasteiger partial charge is 0.504 e. The van der Waals surface area contributed by atoms with E-state index < -0.39 is 17.6 Å². The van der Waals surface area contributed by atoms with Crippen molar-refractivity contribution in [3.05, 3.63) is 66.6 Å². The Labute approximate surface area is 177 Å². The quantitative estimate of drug-likeness (QED) is 0.649. The number of hydrogen-bond donors (Lipinski definition) is 3. The molecule has 1 saturated heterocycles. The molecule has 9 heteroatoms. The summed E-state index contributed by atoms with van der Waals surface area (Å²) in [6.45, 7) is 4.85. The number of dihydropyridines is 1. The molecule has 3 atom stereocenters. The number of para-hydroxylation sites is 1. The van der Waals surface area contributed by atoms with Crippen molar-refractivity contribution in [2.24, 2.45) is 0 Å². The van der Waals surface area contributed by atoms with E-state index in [2.05, 4.69) is 32.3 Å². The molecule has 3 aliphatic heterocycles. The van der Waals surface area contributed by atoms with Gasteiger partial charge in [0, 0.05) is 30.8 Å². The lowest BCUT2D eigenvalue weighted by molar-refractivity contribution is 0.137. The maximum atomic E-state index is 14.1. The van der Waals surface area contributed by atoms with Gasteiger partial charge in [-0.25, -0.2) is 8.78 Å². The fourth-order valence-corrected chi connectivity index (χ4v) is 4.20. The number of hydrogen-bond acceptors (Lipinski definition) is 7. The molecular weight excluding hydrogens is 404 g/mol. The standard InChI is InChI=1S/C22H21F2N5O2/c1-2-18-17(24)7-13(10-25-18)31-14-6-12-9-26-22-20(29(12)11-14)8-19(27-28-22)15-4-3-5-16(23)21(15)30/h2-5,7-8,10,12,14,18,25,30H,1,6,9,11H2,(H,26,28). The van der Waals surface area contributed by atoms with Crippen LogP contribution in [0.4, 0.5) is 20.3 Å². The minimum Gasteiger partial charge on any atom is -0.504 e. The van der Waals surface area contributed by atoms with Crippen LogP contribution in [0.1, 0.15) is 6.42 Å². The van der Waals surface area contributed by atoms with Crippen molar-refractivity contribution in [2.45, 2.75) is 24.6 Å². The summed E-state index contributed by atoms with van der Waals surface area (Å²) < 4.78 is 33.9. The second kappa shape index (κ2) is 7.57. The van der Waals surface area contributed by atoms with Crippen molar-refractivity contribution in [3.8, 4) is 17.0 Å². The van der Waals surface area contributed by atoms with Gasteiger partial charge >= 0.3 is 0 Å². The monoisotopic (exact) mass is 425 g/mol. The van der Waals surface area contributed by atoms with Crippen LogP contribution in [0, 0.1) is 5.82 Å². The van der Waals surface area contributed by atoms with E-state index in [4.69, 9.17) is 4.74 Å². The Morgan fingerprint density at radius 2 is 2.16 bits per heavy atom. The predicted molar refractivity (Wildman–Crippen MR) is 113 cm³/mol. The van der Waals surface area contributed by atoms with Gasteiger partial charge in [-0.15, -0.1) is 16.8 Å². The van der Waals surface area contributed by atoms with Crippen molar-refractivity contribution < 1.29 is 18.6 Å². The van der Waals surface area contributed by atoms with E-state index in [1.165, 1.54) is 24.3 Å². The number of benzene rings is 1. The zero-order valence-corrected chi connectivity index (χ0v) is 16.6. The lowest BCUT2D eigenvalue weighted by atomic mass is 10.1. The molecule has 1 aromatic carbocycles. The van der Waals surface area contributed by atoms with Crippen LogP contribution in [0.5, 0.6) is 5.75 Å². The van der Waals surface area contributed by atoms with Crippen LogP contribution in [0.15, 0.2) is 60.8 Å². The number of allylic oxidation sites excluding steroid dienone is 1. The number of halogens is 2. The summed E-state index contributed by atoms with van der Waals surface area (Å²) in [5, 5.41) is 24.6. The molecule has 1 aromatic heterocycles. The van der Waals surface area contributed by atoms with E-state index in [9.17, 15) is 13.9 Å². The molecule has 0 saturated carbocycles. The third kappa shape index (κ3) is 3.45. The van der Waals surface area contributed by atoms with Gasteiger partial charge in [-0.1, -0.05) is 12.1 Å². The van der Waals surface area contributed by atoms with E-state index in [1.807, 2.05) is 0 Å². The Bertz CT molecular complexity index is 1100. The fraction of sp³-hybridized carbons (Fsp3) is 0.273. The highest BCUT2D eigenvalue weighted by atomic mass is 19.1. The average molecular weight is 425 g/mol. The van der Waals surface area contributed by atoms with Crippen LogP contribution in [-0.4, -0.2) is 46.6 Å². The molecule has 31 heavy (non-hydrogen) atoms. The summed E-state index contributed by atoms with van der Waals surface area (Å²) in [7, 11) is 0. The molecule has 0 radical (unpaired) electrons. The zero-order valence-electron chi connectivity index (χ0n) is 16.6. The van der Waals surface area contributed by atoms with Crippen molar-refractivity contribution >= 4 is 11.5 Å². The van der Waals surface area contributed by atoms with E-state index in [0.29, 0.717) is 30.4 Å². The second-order valence-electron chi connectivity index (χ2n) is 7.72. The first kappa shape index (κ1) is 19.3. The molecule has 5 rings (SSSR count). The summed E-state index contributed by atoms with van der Waals surface area (Å²) in [6.07, 6.45) is 5.12. The number of aromatic nitrogens is 2. The van der Waals surface area contributed by atoms with Gasteiger partial charge in [0.05, 0.1) is 30.0 Å². The number of rotatable bonds is 4. The number of fused-ring (bicyclic) bond motifs is 3. The first-order chi connectivity index (χ1) is 15.0. The lowest BCUT2D eigenvalue weighted by Crippen LogP contribution is -2.40.